The highest BCUT2D eigenvalue weighted by Gasteiger charge is 2.11. The minimum absolute atomic E-state index is 0.377. The molecule has 140 valence electrons. The van der Waals surface area contributed by atoms with Gasteiger partial charge in [0.05, 0.1) is 7.11 Å². The van der Waals surface area contributed by atoms with Crippen molar-refractivity contribution in [1.82, 2.24) is 10.3 Å². The molecule has 0 unspecified atom stereocenters. The maximum Gasteiger partial charge on any atom is 0.162 e. The molecule has 6 heteroatoms. The smallest absolute Gasteiger partial charge is 0.162 e. The van der Waals surface area contributed by atoms with Gasteiger partial charge in [0.25, 0.3) is 0 Å². The highest BCUT2D eigenvalue weighted by atomic mass is 79.9. The topological polar surface area (TPSA) is 43.4 Å². The normalized spacial score (nSPS) is 10.6. The molecule has 0 fully saturated rings. The van der Waals surface area contributed by atoms with Gasteiger partial charge in [0.2, 0.25) is 0 Å². The molecule has 1 N–H and O–H groups in total. The molecular formula is C21H20BrClN2O2. The second-order valence-corrected chi connectivity index (χ2v) is 7.20. The Labute approximate surface area is 172 Å². The van der Waals surface area contributed by atoms with Gasteiger partial charge in [-0.3, -0.25) is 4.98 Å². The fourth-order valence-electron chi connectivity index (χ4n) is 2.60. The first-order chi connectivity index (χ1) is 13.2. The molecule has 1 heterocycles. The Morgan fingerprint density at radius 3 is 2.52 bits per heavy atom. The molecule has 0 aliphatic carbocycles. The molecule has 0 radical (unpaired) electrons. The van der Waals surface area contributed by atoms with Crippen LogP contribution in [-0.4, -0.2) is 12.1 Å². The van der Waals surface area contributed by atoms with E-state index in [9.17, 15) is 0 Å². The zero-order chi connectivity index (χ0) is 19.1. The third kappa shape index (κ3) is 5.45. The average molecular weight is 448 g/mol. The van der Waals surface area contributed by atoms with Gasteiger partial charge in [-0.25, -0.2) is 0 Å². The first kappa shape index (κ1) is 19.7. The maximum absolute atomic E-state index is 6.20. The minimum Gasteiger partial charge on any atom is -0.493 e. The number of aromatic nitrogens is 1. The second kappa shape index (κ2) is 9.74. The van der Waals surface area contributed by atoms with Crippen molar-refractivity contribution in [2.24, 2.45) is 0 Å². The van der Waals surface area contributed by atoms with E-state index >= 15 is 0 Å². The average Bonchev–Trinajstić information content (AvgIpc) is 2.69. The lowest BCUT2D eigenvalue weighted by Gasteiger charge is -2.15. The predicted molar refractivity (Wildman–Crippen MR) is 111 cm³/mol. The van der Waals surface area contributed by atoms with Crippen LogP contribution < -0.4 is 14.8 Å². The number of hydrogen-bond donors (Lipinski definition) is 1. The monoisotopic (exact) mass is 446 g/mol. The maximum atomic E-state index is 6.20. The van der Waals surface area contributed by atoms with Crippen LogP contribution in [0, 0.1) is 0 Å². The van der Waals surface area contributed by atoms with Gasteiger partial charge in [-0.15, -0.1) is 0 Å². The van der Waals surface area contributed by atoms with Crippen LogP contribution in [-0.2, 0) is 19.7 Å². The van der Waals surface area contributed by atoms with E-state index in [0.717, 1.165) is 22.1 Å². The number of hydrogen-bond acceptors (Lipinski definition) is 4. The van der Waals surface area contributed by atoms with E-state index in [1.54, 1.807) is 19.5 Å². The number of nitrogens with zero attached hydrogens (tertiary/aromatic N) is 1. The number of pyridine rings is 1. The molecule has 0 spiro atoms. The minimum atomic E-state index is 0.377. The first-order valence-corrected chi connectivity index (χ1v) is 9.66. The van der Waals surface area contributed by atoms with Crippen molar-refractivity contribution in [3.8, 4) is 11.5 Å². The zero-order valence-electron chi connectivity index (χ0n) is 14.9. The third-order valence-electron chi connectivity index (χ3n) is 4.07. The van der Waals surface area contributed by atoms with Crippen LogP contribution in [0.25, 0.3) is 0 Å². The van der Waals surface area contributed by atoms with Gasteiger partial charge in [-0.05, 0) is 41.5 Å². The Hall–Kier alpha value is -2.08. The Morgan fingerprint density at radius 1 is 1.00 bits per heavy atom. The summed E-state index contributed by atoms with van der Waals surface area (Å²) in [6, 6.07) is 15.5. The summed E-state index contributed by atoms with van der Waals surface area (Å²) in [5.74, 6) is 1.35. The summed E-state index contributed by atoms with van der Waals surface area (Å²) in [6.07, 6.45) is 3.59. The van der Waals surface area contributed by atoms with Gasteiger partial charge in [-0.1, -0.05) is 45.7 Å². The molecule has 1 aromatic heterocycles. The second-order valence-electron chi connectivity index (χ2n) is 5.93. The van der Waals surface area contributed by atoms with Gasteiger partial charge in [0, 0.05) is 40.5 Å². The molecular weight excluding hydrogens is 428 g/mol. The SMILES string of the molecule is COc1cc(CNCc2ccncc2)c(Br)cc1OCc1ccccc1Cl. The molecule has 3 aromatic rings. The number of methoxy groups -OCH3 is 1. The number of halogens is 2. The fraction of sp³-hybridized carbons (Fsp3) is 0.190. The quantitative estimate of drug-likeness (QED) is 0.504. The Bertz CT molecular complexity index is 891. The molecule has 27 heavy (non-hydrogen) atoms. The van der Waals surface area contributed by atoms with E-state index in [1.807, 2.05) is 48.5 Å². The van der Waals surface area contributed by atoms with Crippen LogP contribution in [0.1, 0.15) is 16.7 Å². The molecule has 0 aliphatic rings. The van der Waals surface area contributed by atoms with Crippen molar-refractivity contribution in [1.29, 1.82) is 0 Å². The summed E-state index contributed by atoms with van der Waals surface area (Å²) in [4.78, 5) is 4.03. The molecule has 3 rings (SSSR count). The predicted octanol–water partition coefficient (Wildman–Crippen LogP) is 5.37. The van der Waals surface area contributed by atoms with E-state index in [0.29, 0.717) is 29.7 Å². The summed E-state index contributed by atoms with van der Waals surface area (Å²) in [5, 5.41) is 4.11. The van der Waals surface area contributed by atoms with Crippen molar-refractivity contribution in [3.05, 3.63) is 87.1 Å². The van der Waals surface area contributed by atoms with E-state index in [1.165, 1.54) is 5.56 Å². The van der Waals surface area contributed by atoms with Crippen LogP contribution in [0.4, 0.5) is 0 Å². The van der Waals surface area contributed by atoms with Crippen molar-refractivity contribution in [2.45, 2.75) is 19.7 Å². The Balaban J connectivity index is 1.66. The highest BCUT2D eigenvalue weighted by molar-refractivity contribution is 9.10. The fourth-order valence-corrected chi connectivity index (χ4v) is 3.25. The molecule has 0 amide bonds. The van der Waals surface area contributed by atoms with Crippen molar-refractivity contribution in [3.63, 3.8) is 0 Å². The summed E-state index contributed by atoms with van der Waals surface area (Å²) in [5.41, 5.74) is 3.21. The number of benzene rings is 2. The lowest BCUT2D eigenvalue weighted by Crippen LogP contribution is -2.13. The first-order valence-electron chi connectivity index (χ1n) is 8.49. The molecule has 0 saturated heterocycles. The number of rotatable bonds is 8. The lowest BCUT2D eigenvalue weighted by molar-refractivity contribution is 0.284. The highest BCUT2D eigenvalue weighted by Crippen LogP contribution is 2.34. The van der Waals surface area contributed by atoms with Gasteiger partial charge in [0.1, 0.15) is 6.61 Å². The van der Waals surface area contributed by atoms with Gasteiger partial charge >= 0.3 is 0 Å². The summed E-state index contributed by atoms with van der Waals surface area (Å²) < 4.78 is 12.4. The van der Waals surface area contributed by atoms with E-state index in [2.05, 4.69) is 26.2 Å². The van der Waals surface area contributed by atoms with Crippen LogP contribution in [0.2, 0.25) is 5.02 Å². The summed E-state index contributed by atoms with van der Waals surface area (Å²) in [6.45, 7) is 1.84. The van der Waals surface area contributed by atoms with Gasteiger partial charge in [0.15, 0.2) is 11.5 Å². The molecule has 0 aliphatic heterocycles. The van der Waals surface area contributed by atoms with Crippen LogP contribution >= 0.6 is 27.5 Å². The van der Waals surface area contributed by atoms with Gasteiger partial charge < -0.3 is 14.8 Å². The van der Waals surface area contributed by atoms with Crippen molar-refractivity contribution in [2.75, 3.05) is 7.11 Å². The third-order valence-corrected chi connectivity index (χ3v) is 5.17. The molecule has 0 saturated carbocycles. The zero-order valence-corrected chi connectivity index (χ0v) is 17.3. The number of ether oxygens (including phenoxy) is 2. The molecule has 0 atom stereocenters. The molecule has 4 nitrogen and oxygen atoms in total. The summed E-state index contributed by atoms with van der Waals surface area (Å²) in [7, 11) is 1.64. The van der Waals surface area contributed by atoms with Gasteiger partial charge in [-0.2, -0.15) is 0 Å². The lowest BCUT2D eigenvalue weighted by atomic mass is 10.2. The number of nitrogens with one attached hydrogen (secondary N) is 1. The molecule has 2 aromatic carbocycles. The Kier molecular flexibility index (Phi) is 7.10. The molecule has 0 bridgehead atoms. The standard InChI is InChI=1S/C21H20BrClN2O2/c1-26-20-10-17(13-25-12-15-6-8-24-9-7-15)18(22)11-21(20)27-14-16-4-2-3-5-19(16)23/h2-11,25H,12-14H2,1H3. The van der Waals surface area contributed by atoms with E-state index < -0.39 is 0 Å². The van der Waals surface area contributed by atoms with Crippen LogP contribution in [0.3, 0.4) is 0 Å². The summed E-state index contributed by atoms with van der Waals surface area (Å²) >= 11 is 9.82. The van der Waals surface area contributed by atoms with Crippen molar-refractivity contribution >= 4 is 27.5 Å². The largest absolute Gasteiger partial charge is 0.493 e. The van der Waals surface area contributed by atoms with E-state index in [-0.39, 0.29) is 0 Å². The van der Waals surface area contributed by atoms with E-state index in [4.69, 9.17) is 21.1 Å². The Morgan fingerprint density at radius 2 is 1.78 bits per heavy atom. The van der Waals surface area contributed by atoms with Crippen LogP contribution in [0.15, 0.2) is 65.4 Å². The van der Waals surface area contributed by atoms with Crippen molar-refractivity contribution < 1.29 is 9.47 Å². The van der Waals surface area contributed by atoms with Crippen LogP contribution in [0.5, 0.6) is 11.5 Å².